The van der Waals surface area contributed by atoms with Crippen molar-refractivity contribution in [2.24, 2.45) is 0 Å². The van der Waals surface area contributed by atoms with Crippen molar-refractivity contribution in [3.05, 3.63) is 57.6 Å². The zero-order valence-corrected chi connectivity index (χ0v) is 30.7. The summed E-state index contributed by atoms with van der Waals surface area (Å²) in [7, 11) is -3.37. The van der Waals surface area contributed by atoms with Gasteiger partial charge in [-0.1, -0.05) is 83.1 Å². The molecule has 0 aromatic heterocycles. The molecule has 0 saturated heterocycles. The lowest BCUT2D eigenvalue weighted by Crippen LogP contribution is -2.37. The van der Waals surface area contributed by atoms with E-state index in [9.17, 15) is 24.4 Å². The number of aromatic hydroxyl groups is 2. The van der Waals surface area contributed by atoms with Gasteiger partial charge in [0.2, 0.25) is 0 Å². The topological polar surface area (TPSA) is 110 Å². The van der Waals surface area contributed by atoms with Crippen molar-refractivity contribution in [3.8, 4) is 11.5 Å². The molecule has 8 heteroatoms. The van der Waals surface area contributed by atoms with Gasteiger partial charge < -0.3 is 10.2 Å². The smallest absolute Gasteiger partial charge is 0.321 e. The van der Waals surface area contributed by atoms with Crippen molar-refractivity contribution >= 4 is 19.8 Å². The number of phenolic OH excluding ortho intramolecular Hbond substituents is 2. The average Bonchev–Trinajstić information content (AvgIpc) is 2.79. The highest BCUT2D eigenvalue weighted by atomic mass is 31.1. The summed E-state index contributed by atoms with van der Waals surface area (Å²) in [5, 5.41) is 22.1. The van der Waals surface area contributed by atoms with Crippen LogP contribution in [-0.2, 0) is 35.3 Å². The maximum absolute atomic E-state index is 13.8. The molecule has 0 radical (unpaired) electrons. The predicted molar refractivity (Wildman–Crippen MR) is 179 cm³/mol. The molecule has 246 valence electrons. The quantitative estimate of drug-likeness (QED) is 0.221. The molecule has 0 atom stereocenters. The van der Waals surface area contributed by atoms with E-state index in [-0.39, 0.29) is 11.5 Å². The number of ketones is 2. The van der Waals surface area contributed by atoms with Gasteiger partial charge in [0.05, 0.1) is 0 Å². The van der Waals surface area contributed by atoms with Crippen molar-refractivity contribution < 1.29 is 33.4 Å². The lowest BCUT2D eigenvalue weighted by Gasteiger charge is -2.31. The van der Waals surface area contributed by atoms with Crippen molar-refractivity contribution in [2.75, 3.05) is 0 Å². The van der Waals surface area contributed by atoms with Crippen molar-refractivity contribution in [3.63, 3.8) is 0 Å². The minimum atomic E-state index is -3.37. The van der Waals surface area contributed by atoms with E-state index >= 15 is 0 Å². The molecule has 0 fully saturated rings. The normalized spacial score (nSPS) is 13.8. The van der Waals surface area contributed by atoms with Crippen LogP contribution in [0.5, 0.6) is 11.5 Å². The lowest BCUT2D eigenvalue weighted by molar-refractivity contribution is 0.0343. The number of carbonyl (C=O) groups is 2. The summed E-state index contributed by atoms with van der Waals surface area (Å²) < 4.78 is 24.8. The molecule has 0 amide bonds. The third-order valence-electron chi connectivity index (χ3n) is 7.75. The Kier molecular flexibility index (Phi) is 10.3. The van der Waals surface area contributed by atoms with Crippen LogP contribution < -0.4 is 0 Å². The number of hydrogen-bond donors (Lipinski definition) is 2. The molecule has 0 bridgehead atoms. The van der Waals surface area contributed by atoms with Gasteiger partial charge in [-0.2, -0.15) is 0 Å². The monoisotopic (exact) mass is 630 g/mol. The highest BCUT2D eigenvalue weighted by molar-refractivity contribution is 7.33. The van der Waals surface area contributed by atoms with Crippen LogP contribution in [0.4, 0.5) is 0 Å². The molecule has 7 nitrogen and oxygen atoms in total. The Bertz CT molecular complexity index is 1270. The van der Waals surface area contributed by atoms with E-state index < -0.39 is 52.7 Å². The largest absolute Gasteiger partial charge is 0.507 e. The SMILES string of the molecule is CC(C)(O[PH](=O)OC(C)(C)C(=O)c1cc(C(C)(C)C)c(O)c(C(C)(C)C)c1)C(=O)c1cc(C(C)(C)C)c(O)c(C(C)(C)C)c1. The molecular weight excluding hydrogens is 575 g/mol. The van der Waals surface area contributed by atoms with Gasteiger partial charge in [0.25, 0.3) is 0 Å². The second kappa shape index (κ2) is 12.0. The fourth-order valence-corrected chi connectivity index (χ4v) is 6.10. The van der Waals surface area contributed by atoms with E-state index in [1.165, 1.54) is 27.7 Å². The van der Waals surface area contributed by atoms with E-state index in [2.05, 4.69) is 0 Å². The third-order valence-corrected chi connectivity index (χ3v) is 9.10. The van der Waals surface area contributed by atoms with Crippen LogP contribution >= 0.6 is 8.25 Å². The average molecular weight is 631 g/mol. The van der Waals surface area contributed by atoms with Gasteiger partial charge in [0.15, 0.2) is 11.6 Å². The molecule has 0 aliphatic carbocycles. The summed E-state index contributed by atoms with van der Waals surface area (Å²) in [6, 6.07) is 6.64. The summed E-state index contributed by atoms with van der Waals surface area (Å²) in [5.41, 5.74) is -1.77. The number of benzene rings is 2. The zero-order chi connectivity index (χ0) is 34.6. The molecule has 2 N–H and O–H groups in total. The Hall–Kier alpha value is -2.47. The number of rotatable bonds is 8. The Balaban J connectivity index is 2.45. The first-order valence-electron chi connectivity index (χ1n) is 15.2. The van der Waals surface area contributed by atoms with E-state index in [0.29, 0.717) is 33.4 Å². The van der Waals surface area contributed by atoms with Crippen LogP contribution in [0.3, 0.4) is 0 Å². The highest BCUT2D eigenvalue weighted by Gasteiger charge is 2.39. The van der Waals surface area contributed by atoms with E-state index in [4.69, 9.17) is 9.05 Å². The highest BCUT2D eigenvalue weighted by Crippen LogP contribution is 2.44. The summed E-state index contributed by atoms with van der Waals surface area (Å²) in [6.45, 7) is 29.6. The molecule has 0 aliphatic rings. The summed E-state index contributed by atoms with van der Waals surface area (Å²) >= 11 is 0. The summed E-state index contributed by atoms with van der Waals surface area (Å²) in [4.78, 5) is 27.6. The minimum absolute atomic E-state index is 0.149. The minimum Gasteiger partial charge on any atom is -0.507 e. The first kappa shape index (κ1) is 37.7. The molecule has 2 aromatic carbocycles. The summed E-state index contributed by atoms with van der Waals surface area (Å²) in [6.07, 6.45) is 0. The first-order valence-corrected chi connectivity index (χ1v) is 16.4. The fourth-order valence-electron chi connectivity index (χ4n) is 5.04. The molecular formula is C36H55O7P. The van der Waals surface area contributed by atoms with E-state index in [0.717, 1.165) is 0 Å². The Morgan fingerprint density at radius 1 is 0.500 bits per heavy atom. The zero-order valence-electron chi connectivity index (χ0n) is 29.7. The summed E-state index contributed by atoms with van der Waals surface area (Å²) in [5.74, 6) is -0.558. The maximum atomic E-state index is 13.8. The van der Waals surface area contributed by atoms with Gasteiger partial charge in [-0.05, 0) is 73.6 Å². The first-order chi connectivity index (χ1) is 19.4. The molecule has 44 heavy (non-hydrogen) atoms. The maximum Gasteiger partial charge on any atom is 0.321 e. The predicted octanol–water partition coefficient (Wildman–Crippen LogP) is 9.33. The van der Waals surface area contributed by atoms with Crippen molar-refractivity contribution in [1.82, 2.24) is 0 Å². The number of carbonyl (C=O) groups excluding carboxylic acids is 2. The van der Waals surface area contributed by atoms with Crippen LogP contribution in [-0.4, -0.2) is 33.0 Å². The Morgan fingerprint density at radius 3 is 0.886 bits per heavy atom. The van der Waals surface area contributed by atoms with Gasteiger partial charge in [-0.15, -0.1) is 0 Å². The Morgan fingerprint density at radius 2 is 0.705 bits per heavy atom. The Labute approximate surface area is 265 Å². The van der Waals surface area contributed by atoms with Gasteiger partial charge in [0, 0.05) is 33.4 Å². The van der Waals surface area contributed by atoms with E-state index in [1.807, 2.05) is 83.1 Å². The van der Waals surface area contributed by atoms with Gasteiger partial charge in [-0.25, -0.2) is 0 Å². The van der Waals surface area contributed by atoms with Crippen LogP contribution in [0, 0.1) is 0 Å². The number of hydrogen-bond acceptors (Lipinski definition) is 7. The van der Waals surface area contributed by atoms with Gasteiger partial charge in [-0.3, -0.25) is 23.2 Å². The number of Topliss-reactive ketones (excluding diaryl/α,β-unsaturated/α-hetero) is 2. The van der Waals surface area contributed by atoms with Crippen LogP contribution in [0.25, 0.3) is 0 Å². The molecule has 2 rings (SSSR count). The second-order valence-corrected chi connectivity index (χ2v) is 17.9. The van der Waals surface area contributed by atoms with Crippen LogP contribution in [0.15, 0.2) is 24.3 Å². The van der Waals surface area contributed by atoms with E-state index in [1.54, 1.807) is 24.3 Å². The van der Waals surface area contributed by atoms with Crippen LogP contribution in [0.2, 0.25) is 0 Å². The van der Waals surface area contributed by atoms with Crippen LogP contribution in [0.1, 0.15) is 154 Å². The van der Waals surface area contributed by atoms with Crippen molar-refractivity contribution in [1.29, 1.82) is 0 Å². The molecule has 2 aromatic rings. The molecule has 0 unspecified atom stereocenters. The molecule has 0 aliphatic heterocycles. The molecule has 0 heterocycles. The molecule has 0 saturated carbocycles. The lowest BCUT2D eigenvalue weighted by atomic mass is 9.77. The second-order valence-electron chi connectivity index (χ2n) is 17.0. The standard InChI is InChI=1S/C36H55O7P/c1-31(2,3)23-17-21(18-24(27(23)37)32(4,5)6)29(39)35(13,14)42-44(41)43-36(15,16)30(40)22-19-25(33(7,8)9)28(38)26(20-22)34(10,11)12/h17-20,37-38,44H,1-16H3. The van der Waals surface area contributed by atoms with Gasteiger partial charge >= 0.3 is 8.25 Å². The van der Waals surface area contributed by atoms with Gasteiger partial charge in [0.1, 0.15) is 22.7 Å². The fraction of sp³-hybridized carbons (Fsp3) is 0.611. The van der Waals surface area contributed by atoms with Crippen molar-refractivity contribution in [2.45, 2.75) is 144 Å². The molecule has 0 spiro atoms. The third kappa shape index (κ3) is 8.41. The number of phenols is 2.